The van der Waals surface area contributed by atoms with Gasteiger partial charge in [0.15, 0.2) is 5.82 Å². The molecule has 2 rings (SSSR count). The largest absolute Gasteiger partial charge is 0.365 e. The molecule has 1 heterocycles. The highest BCUT2D eigenvalue weighted by Crippen LogP contribution is 2.37. The summed E-state index contributed by atoms with van der Waals surface area (Å²) in [6.45, 7) is 3.11. The van der Waals surface area contributed by atoms with Crippen molar-refractivity contribution in [2.45, 2.75) is 32.6 Å². The van der Waals surface area contributed by atoms with Crippen LogP contribution >= 0.6 is 0 Å². The first kappa shape index (κ1) is 10.2. The quantitative estimate of drug-likeness (QED) is 0.794. The van der Waals surface area contributed by atoms with Crippen molar-refractivity contribution in [3.8, 4) is 0 Å². The number of H-pyrrole nitrogens is 1. The number of aromatic amines is 1. The van der Waals surface area contributed by atoms with E-state index in [0.717, 1.165) is 6.54 Å². The highest BCUT2D eigenvalue weighted by Gasteiger charge is 2.28. The van der Waals surface area contributed by atoms with Gasteiger partial charge in [-0.25, -0.2) is 4.98 Å². The van der Waals surface area contributed by atoms with Gasteiger partial charge in [0.2, 0.25) is 0 Å². The zero-order valence-electron chi connectivity index (χ0n) is 9.05. The van der Waals surface area contributed by atoms with Crippen LogP contribution in [0.4, 0.5) is 5.82 Å². The predicted molar refractivity (Wildman–Crippen MR) is 59.9 cm³/mol. The molecular formula is C11H17N3O. The molecule has 1 aliphatic carbocycles. The van der Waals surface area contributed by atoms with E-state index in [9.17, 15) is 4.79 Å². The second-order valence-electron chi connectivity index (χ2n) is 4.64. The zero-order chi connectivity index (χ0) is 10.7. The highest BCUT2D eigenvalue weighted by molar-refractivity contribution is 5.30. The van der Waals surface area contributed by atoms with E-state index >= 15 is 0 Å². The van der Waals surface area contributed by atoms with E-state index in [2.05, 4.69) is 22.2 Å². The summed E-state index contributed by atoms with van der Waals surface area (Å²) in [4.78, 5) is 18.0. The van der Waals surface area contributed by atoms with E-state index in [1.54, 1.807) is 12.4 Å². The number of hydrogen-bond donors (Lipinski definition) is 2. The Morgan fingerprint density at radius 1 is 1.53 bits per heavy atom. The van der Waals surface area contributed by atoms with Gasteiger partial charge in [0.25, 0.3) is 5.56 Å². The van der Waals surface area contributed by atoms with Crippen molar-refractivity contribution in [3.63, 3.8) is 0 Å². The Bertz CT molecular complexity index is 379. The molecule has 0 spiro atoms. The molecular weight excluding hydrogens is 190 g/mol. The lowest BCUT2D eigenvalue weighted by Gasteiger charge is -2.23. The fourth-order valence-electron chi connectivity index (χ4n) is 2.18. The van der Waals surface area contributed by atoms with E-state index in [1.807, 2.05) is 0 Å². The Kier molecular flexibility index (Phi) is 2.75. The van der Waals surface area contributed by atoms with Crippen LogP contribution in [0.25, 0.3) is 0 Å². The van der Waals surface area contributed by atoms with Gasteiger partial charge in [-0.05, 0) is 18.3 Å². The fraction of sp³-hybridized carbons (Fsp3) is 0.636. The Morgan fingerprint density at radius 3 is 2.93 bits per heavy atom. The van der Waals surface area contributed by atoms with Crippen molar-refractivity contribution in [3.05, 3.63) is 22.7 Å². The van der Waals surface area contributed by atoms with E-state index in [-0.39, 0.29) is 5.56 Å². The van der Waals surface area contributed by atoms with Crippen LogP contribution in [0.2, 0.25) is 0 Å². The Morgan fingerprint density at radius 2 is 2.27 bits per heavy atom. The maximum Gasteiger partial charge on any atom is 0.290 e. The smallest absolute Gasteiger partial charge is 0.290 e. The normalized spacial score (nSPS) is 19.0. The lowest BCUT2D eigenvalue weighted by Crippen LogP contribution is -2.26. The molecule has 0 atom stereocenters. The van der Waals surface area contributed by atoms with Gasteiger partial charge in [-0.3, -0.25) is 4.79 Å². The molecule has 1 aromatic rings. The van der Waals surface area contributed by atoms with Crippen molar-refractivity contribution in [1.82, 2.24) is 9.97 Å². The van der Waals surface area contributed by atoms with Gasteiger partial charge in [-0.2, -0.15) is 0 Å². The van der Waals surface area contributed by atoms with Gasteiger partial charge in [-0.1, -0.05) is 19.8 Å². The minimum Gasteiger partial charge on any atom is -0.365 e. The third-order valence-corrected chi connectivity index (χ3v) is 3.20. The second kappa shape index (κ2) is 4.04. The lowest BCUT2D eigenvalue weighted by molar-refractivity contribution is 0.361. The highest BCUT2D eigenvalue weighted by atomic mass is 16.1. The van der Waals surface area contributed by atoms with Crippen LogP contribution < -0.4 is 10.9 Å². The lowest BCUT2D eigenvalue weighted by atomic mass is 9.89. The summed E-state index contributed by atoms with van der Waals surface area (Å²) in [5.74, 6) is 0.436. The number of nitrogens with one attached hydrogen (secondary N) is 2. The second-order valence-corrected chi connectivity index (χ2v) is 4.64. The summed E-state index contributed by atoms with van der Waals surface area (Å²) in [6.07, 6.45) is 8.23. The van der Waals surface area contributed by atoms with Crippen molar-refractivity contribution < 1.29 is 0 Å². The van der Waals surface area contributed by atoms with Gasteiger partial charge >= 0.3 is 0 Å². The predicted octanol–water partition coefficient (Wildman–Crippen LogP) is 1.76. The molecule has 0 amide bonds. The van der Waals surface area contributed by atoms with E-state index in [1.165, 1.54) is 25.7 Å². The van der Waals surface area contributed by atoms with Gasteiger partial charge in [0.05, 0.1) is 0 Å². The molecule has 4 heteroatoms. The maximum absolute atomic E-state index is 11.3. The first-order chi connectivity index (χ1) is 7.20. The summed E-state index contributed by atoms with van der Waals surface area (Å²) in [5.41, 5.74) is 0.198. The molecule has 0 unspecified atom stereocenters. The molecule has 0 bridgehead atoms. The molecule has 82 valence electrons. The van der Waals surface area contributed by atoms with Crippen LogP contribution in [-0.2, 0) is 0 Å². The molecule has 15 heavy (non-hydrogen) atoms. The molecule has 0 saturated heterocycles. The minimum atomic E-state index is -0.140. The van der Waals surface area contributed by atoms with Crippen LogP contribution in [-0.4, -0.2) is 16.5 Å². The van der Waals surface area contributed by atoms with Crippen LogP contribution in [0, 0.1) is 5.41 Å². The molecule has 4 nitrogen and oxygen atoms in total. The number of rotatable bonds is 3. The molecule has 0 aromatic carbocycles. The molecule has 0 aliphatic heterocycles. The number of anilines is 1. The Hall–Kier alpha value is -1.32. The summed E-state index contributed by atoms with van der Waals surface area (Å²) in [7, 11) is 0. The van der Waals surface area contributed by atoms with E-state index < -0.39 is 0 Å². The summed E-state index contributed by atoms with van der Waals surface area (Å²) >= 11 is 0. The first-order valence-corrected chi connectivity index (χ1v) is 5.47. The molecule has 0 radical (unpaired) electrons. The number of aromatic nitrogens is 2. The number of nitrogens with zero attached hydrogens (tertiary/aromatic N) is 1. The molecule has 1 saturated carbocycles. The van der Waals surface area contributed by atoms with Crippen molar-refractivity contribution >= 4 is 5.82 Å². The molecule has 2 N–H and O–H groups in total. The third kappa shape index (κ3) is 2.37. The molecule has 1 aliphatic rings. The van der Waals surface area contributed by atoms with Crippen molar-refractivity contribution in [2.75, 3.05) is 11.9 Å². The SMILES string of the molecule is CC1(CNc2ncc[nH]c2=O)CCCC1. The number of hydrogen-bond acceptors (Lipinski definition) is 3. The monoisotopic (exact) mass is 207 g/mol. The summed E-state index contributed by atoms with van der Waals surface area (Å²) in [5, 5.41) is 3.14. The van der Waals surface area contributed by atoms with Gasteiger partial charge in [0.1, 0.15) is 0 Å². The van der Waals surface area contributed by atoms with E-state index in [0.29, 0.717) is 11.2 Å². The van der Waals surface area contributed by atoms with Gasteiger partial charge in [-0.15, -0.1) is 0 Å². The topological polar surface area (TPSA) is 57.8 Å². The first-order valence-electron chi connectivity index (χ1n) is 5.47. The average Bonchev–Trinajstić information content (AvgIpc) is 2.65. The van der Waals surface area contributed by atoms with Crippen LogP contribution in [0.1, 0.15) is 32.6 Å². The third-order valence-electron chi connectivity index (χ3n) is 3.20. The van der Waals surface area contributed by atoms with Crippen molar-refractivity contribution in [1.29, 1.82) is 0 Å². The maximum atomic E-state index is 11.3. The van der Waals surface area contributed by atoms with Gasteiger partial charge < -0.3 is 10.3 Å². The summed E-state index contributed by atoms with van der Waals surface area (Å²) < 4.78 is 0. The Labute approximate surface area is 89.1 Å². The summed E-state index contributed by atoms with van der Waals surface area (Å²) in [6, 6.07) is 0. The van der Waals surface area contributed by atoms with Crippen LogP contribution in [0.3, 0.4) is 0 Å². The van der Waals surface area contributed by atoms with E-state index in [4.69, 9.17) is 0 Å². The van der Waals surface area contributed by atoms with Crippen LogP contribution in [0.15, 0.2) is 17.2 Å². The Balaban J connectivity index is 1.99. The van der Waals surface area contributed by atoms with Crippen LogP contribution in [0.5, 0.6) is 0 Å². The van der Waals surface area contributed by atoms with Gasteiger partial charge in [0, 0.05) is 18.9 Å². The fourth-order valence-corrected chi connectivity index (χ4v) is 2.18. The average molecular weight is 207 g/mol. The molecule has 1 aromatic heterocycles. The molecule has 1 fully saturated rings. The van der Waals surface area contributed by atoms with Crippen molar-refractivity contribution in [2.24, 2.45) is 5.41 Å². The minimum absolute atomic E-state index is 0.140. The standard InChI is InChI=1S/C11H17N3O/c1-11(4-2-3-5-11)8-14-9-10(15)13-7-6-12-9/h6-7H,2-5,8H2,1H3,(H,12,14)(H,13,15). The zero-order valence-corrected chi connectivity index (χ0v) is 9.05.